The van der Waals surface area contributed by atoms with Gasteiger partial charge in [-0.25, -0.2) is 8.42 Å². The maximum atomic E-state index is 11.8. The standard InChI is InChI=1S/C23H26N2O3S/c1-14-9-18-19-10-15(24-29(3,26)27)6-7-17(19)22-13-25-8-4-5-16(25)11-20(22)21(18)12-23(14)28-2/h6-7,9-10,12,16,24H,4-5,8,11,13H2,1-3H3/t16-/m1/s1. The van der Waals surface area contributed by atoms with E-state index in [0.29, 0.717) is 11.7 Å². The van der Waals surface area contributed by atoms with E-state index in [1.54, 1.807) is 7.11 Å². The molecule has 2 aliphatic rings. The number of nitrogens with zero attached hydrogens (tertiary/aromatic N) is 1. The van der Waals surface area contributed by atoms with Crippen LogP contribution >= 0.6 is 0 Å². The Labute approximate surface area is 171 Å². The third-order valence-corrected chi connectivity index (χ3v) is 7.07. The predicted octanol–water partition coefficient (Wildman–Crippen LogP) is 4.20. The molecule has 152 valence electrons. The van der Waals surface area contributed by atoms with Gasteiger partial charge in [-0.05, 0) is 95.2 Å². The zero-order valence-electron chi connectivity index (χ0n) is 17.1. The molecule has 5 nitrogen and oxygen atoms in total. The van der Waals surface area contributed by atoms with Gasteiger partial charge in [0.1, 0.15) is 5.75 Å². The Hall–Kier alpha value is -2.31. The summed E-state index contributed by atoms with van der Waals surface area (Å²) in [5.74, 6) is 0.901. The van der Waals surface area contributed by atoms with Gasteiger partial charge in [0.05, 0.1) is 13.4 Å². The molecule has 0 saturated carbocycles. The van der Waals surface area contributed by atoms with Gasteiger partial charge in [-0.3, -0.25) is 9.62 Å². The summed E-state index contributed by atoms with van der Waals surface area (Å²) < 4.78 is 31.8. The van der Waals surface area contributed by atoms with E-state index in [4.69, 9.17) is 4.74 Å². The zero-order valence-corrected chi connectivity index (χ0v) is 17.9. The largest absolute Gasteiger partial charge is 0.496 e. The molecule has 6 heteroatoms. The minimum absolute atomic E-state index is 0.601. The molecule has 1 N–H and O–H groups in total. The molecule has 1 atom stereocenters. The molecule has 0 bridgehead atoms. The second-order valence-corrected chi connectivity index (χ2v) is 10.2. The number of fused-ring (bicyclic) bond motifs is 7. The molecule has 3 aromatic carbocycles. The lowest BCUT2D eigenvalue weighted by molar-refractivity contribution is 0.229. The predicted molar refractivity (Wildman–Crippen MR) is 118 cm³/mol. The van der Waals surface area contributed by atoms with Crippen molar-refractivity contribution in [3.8, 4) is 5.75 Å². The fourth-order valence-corrected chi connectivity index (χ4v) is 5.76. The molecule has 5 rings (SSSR count). The van der Waals surface area contributed by atoms with Gasteiger partial charge in [0, 0.05) is 18.3 Å². The minimum Gasteiger partial charge on any atom is -0.496 e. The normalized spacial score (nSPS) is 19.3. The summed E-state index contributed by atoms with van der Waals surface area (Å²) >= 11 is 0. The molecular formula is C23H26N2O3S. The fourth-order valence-electron chi connectivity index (χ4n) is 5.20. The Balaban J connectivity index is 1.83. The molecule has 0 unspecified atom stereocenters. The number of hydrogen-bond acceptors (Lipinski definition) is 4. The van der Waals surface area contributed by atoms with Crippen LogP contribution < -0.4 is 9.46 Å². The van der Waals surface area contributed by atoms with Crippen molar-refractivity contribution in [3.05, 3.63) is 47.0 Å². The lowest BCUT2D eigenvalue weighted by Gasteiger charge is -2.33. The SMILES string of the molecule is COc1cc2c3c(c4ccc(NS(C)(=O)=O)cc4c2cc1C)CN1CCC[C@@H]1C3. The van der Waals surface area contributed by atoms with Crippen LogP contribution in [-0.2, 0) is 23.0 Å². The Morgan fingerprint density at radius 2 is 1.86 bits per heavy atom. The highest BCUT2D eigenvalue weighted by Gasteiger charge is 2.32. The summed E-state index contributed by atoms with van der Waals surface area (Å²) in [6, 6.07) is 10.9. The fraction of sp³-hybridized carbons (Fsp3) is 0.391. The number of sulfonamides is 1. The van der Waals surface area contributed by atoms with E-state index in [1.165, 1.54) is 46.4 Å². The molecule has 0 aliphatic carbocycles. The summed E-state index contributed by atoms with van der Waals surface area (Å²) in [6.45, 7) is 4.18. The van der Waals surface area contributed by atoms with Crippen molar-refractivity contribution >= 4 is 37.3 Å². The lowest BCUT2D eigenvalue weighted by Crippen LogP contribution is -2.35. The number of rotatable bonds is 3. The van der Waals surface area contributed by atoms with E-state index < -0.39 is 10.0 Å². The molecule has 3 aromatic rings. The average Bonchev–Trinajstić information content (AvgIpc) is 3.12. The number of anilines is 1. The summed E-state index contributed by atoms with van der Waals surface area (Å²) in [4.78, 5) is 2.60. The molecule has 2 heterocycles. The summed E-state index contributed by atoms with van der Waals surface area (Å²) in [5, 5.41) is 4.72. The zero-order chi connectivity index (χ0) is 20.3. The monoisotopic (exact) mass is 410 g/mol. The number of aryl methyl sites for hydroxylation is 1. The van der Waals surface area contributed by atoms with Crippen LogP contribution in [0.3, 0.4) is 0 Å². The molecule has 0 amide bonds. The summed E-state index contributed by atoms with van der Waals surface area (Å²) in [7, 11) is -1.61. The first-order chi connectivity index (χ1) is 13.8. The van der Waals surface area contributed by atoms with Gasteiger partial charge < -0.3 is 4.74 Å². The first kappa shape index (κ1) is 18.7. The van der Waals surface area contributed by atoms with Crippen molar-refractivity contribution < 1.29 is 13.2 Å². The number of ether oxygens (including phenoxy) is 1. The van der Waals surface area contributed by atoms with Crippen molar-refractivity contribution in [2.45, 2.75) is 38.8 Å². The first-order valence-electron chi connectivity index (χ1n) is 10.1. The Morgan fingerprint density at radius 1 is 1.07 bits per heavy atom. The van der Waals surface area contributed by atoms with Crippen molar-refractivity contribution in [2.24, 2.45) is 0 Å². The highest BCUT2D eigenvalue weighted by Crippen LogP contribution is 2.42. The maximum absolute atomic E-state index is 11.8. The van der Waals surface area contributed by atoms with Crippen LogP contribution in [0.1, 0.15) is 29.5 Å². The van der Waals surface area contributed by atoms with Crippen LogP contribution in [0.25, 0.3) is 21.5 Å². The van der Waals surface area contributed by atoms with Crippen LogP contribution in [0.5, 0.6) is 5.75 Å². The minimum atomic E-state index is -3.33. The number of hydrogen-bond donors (Lipinski definition) is 1. The highest BCUT2D eigenvalue weighted by atomic mass is 32.2. The molecule has 0 aromatic heterocycles. The Kier molecular flexibility index (Phi) is 4.26. The third kappa shape index (κ3) is 3.15. The maximum Gasteiger partial charge on any atom is 0.229 e. The van der Waals surface area contributed by atoms with Gasteiger partial charge in [-0.15, -0.1) is 0 Å². The smallest absolute Gasteiger partial charge is 0.229 e. The molecule has 2 aliphatic heterocycles. The van der Waals surface area contributed by atoms with E-state index in [2.05, 4.69) is 34.7 Å². The van der Waals surface area contributed by atoms with Crippen LogP contribution in [0.15, 0.2) is 30.3 Å². The van der Waals surface area contributed by atoms with Gasteiger partial charge in [0.2, 0.25) is 10.0 Å². The van der Waals surface area contributed by atoms with Crippen molar-refractivity contribution in [3.63, 3.8) is 0 Å². The number of nitrogens with one attached hydrogen (secondary N) is 1. The molecule has 29 heavy (non-hydrogen) atoms. The average molecular weight is 411 g/mol. The topological polar surface area (TPSA) is 58.6 Å². The first-order valence-corrected chi connectivity index (χ1v) is 12.0. The summed E-state index contributed by atoms with van der Waals surface area (Å²) in [5.41, 5.74) is 4.49. The number of methoxy groups -OCH3 is 1. The summed E-state index contributed by atoms with van der Waals surface area (Å²) in [6.07, 6.45) is 4.78. The Morgan fingerprint density at radius 3 is 2.62 bits per heavy atom. The van der Waals surface area contributed by atoms with Crippen molar-refractivity contribution in [1.29, 1.82) is 0 Å². The molecule has 0 radical (unpaired) electrons. The quantitative estimate of drug-likeness (QED) is 0.658. The van der Waals surface area contributed by atoms with Gasteiger partial charge in [0.25, 0.3) is 0 Å². The second-order valence-electron chi connectivity index (χ2n) is 8.43. The van der Waals surface area contributed by atoms with E-state index in [1.807, 2.05) is 12.1 Å². The second kappa shape index (κ2) is 6.61. The molecule has 1 saturated heterocycles. The van der Waals surface area contributed by atoms with E-state index in [0.717, 1.165) is 36.2 Å². The van der Waals surface area contributed by atoms with E-state index in [9.17, 15) is 8.42 Å². The van der Waals surface area contributed by atoms with Crippen LogP contribution in [-0.4, -0.2) is 39.3 Å². The molecule has 0 spiro atoms. The van der Waals surface area contributed by atoms with Gasteiger partial charge in [-0.2, -0.15) is 0 Å². The lowest BCUT2D eigenvalue weighted by atomic mass is 9.84. The Bertz CT molecular complexity index is 1250. The van der Waals surface area contributed by atoms with Crippen LogP contribution in [0, 0.1) is 6.92 Å². The van der Waals surface area contributed by atoms with E-state index >= 15 is 0 Å². The van der Waals surface area contributed by atoms with Crippen molar-refractivity contribution in [1.82, 2.24) is 4.90 Å². The van der Waals surface area contributed by atoms with Crippen LogP contribution in [0.2, 0.25) is 0 Å². The van der Waals surface area contributed by atoms with E-state index in [-0.39, 0.29) is 0 Å². The molecule has 1 fully saturated rings. The van der Waals surface area contributed by atoms with Gasteiger partial charge in [0.15, 0.2) is 0 Å². The van der Waals surface area contributed by atoms with Crippen LogP contribution in [0.4, 0.5) is 5.69 Å². The highest BCUT2D eigenvalue weighted by molar-refractivity contribution is 7.92. The number of benzene rings is 3. The van der Waals surface area contributed by atoms with Crippen molar-refractivity contribution in [2.75, 3.05) is 24.6 Å². The van der Waals surface area contributed by atoms with Gasteiger partial charge >= 0.3 is 0 Å². The molecular weight excluding hydrogens is 384 g/mol. The third-order valence-electron chi connectivity index (χ3n) is 6.46. The van der Waals surface area contributed by atoms with Gasteiger partial charge in [-0.1, -0.05) is 6.07 Å².